The summed E-state index contributed by atoms with van der Waals surface area (Å²) in [6, 6.07) is 9.49. The molecule has 5 heteroatoms. The van der Waals surface area contributed by atoms with E-state index in [4.69, 9.17) is 5.26 Å². The molecule has 0 amide bonds. The molecule has 0 bridgehead atoms. The number of hydrogen-bond acceptors (Lipinski definition) is 5. The molecule has 0 unspecified atom stereocenters. The fraction of sp³-hybridized carbons (Fsp3) is 0. The zero-order valence-electron chi connectivity index (χ0n) is 9.82. The highest BCUT2D eigenvalue weighted by Gasteiger charge is 2.11. The lowest BCUT2D eigenvalue weighted by atomic mass is 10.2. The predicted octanol–water partition coefficient (Wildman–Crippen LogP) is 3.14. The highest BCUT2D eigenvalue weighted by molar-refractivity contribution is 7.18. The van der Waals surface area contributed by atoms with Crippen LogP contribution in [0.2, 0.25) is 0 Å². The van der Waals surface area contributed by atoms with Crippen LogP contribution < -0.4 is 0 Å². The monoisotopic (exact) mass is 264 g/mol. The van der Waals surface area contributed by atoms with Crippen LogP contribution in [-0.2, 0) is 0 Å². The fourth-order valence-electron chi connectivity index (χ4n) is 1.70. The van der Waals surface area contributed by atoms with Gasteiger partial charge in [0.2, 0.25) is 0 Å². The van der Waals surface area contributed by atoms with Gasteiger partial charge in [0.15, 0.2) is 0 Å². The van der Waals surface area contributed by atoms with E-state index in [1.54, 1.807) is 36.9 Å². The maximum atomic E-state index is 9.09. The molecule has 0 aliphatic heterocycles. The van der Waals surface area contributed by atoms with Crippen molar-refractivity contribution in [2.24, 2.45) is 0 Å². The second-order valence-electron chi connectivity index (χ2n) is 3.78. The van der Waals surface area contributed by atoms with Crippen LogP contribution in [0.4, 0.5) is 0 Å². The van der Waals surface area contributed by atoms with Gasteiger partial charge in [-0.15, -0.1) is 11.3 Å². The van der Waals surface area contributed by atoms with Gasteiger partial charge in [0.25, 0.3) is 0 Å². The van der Waals surface area contributed by atoms with Gasteiger partial charge >= 0.3 is 0 Å². The first-order valence-corrected chi connectivity index (χ1v) is 6.42. The first-order valence-electron chi connectivity index (χ1n) is 5.60. The molecule has 4 nitrogen and oxygen atoms in total. The molecule has 0 atom stereocenters. The van der Waals surface area contributed by atoms with E-state index >= 15 is 0 Å². The Morgan fingerprint density at radius 2 is 1.95 bits per heavy atom. The third-order valence-electron chi connectivity index (χ3n) is 2.58. The highest BCUT2D eigenvalue weighted by atomic mass is 32.1. The van der Waals surface area contributed by atoms with Gasteiger partial charge in [-0.05, 0) is 24.3 Å². The first-order chi connectivity index (χ1) is 9.38. The smallest absolute Gasteiger partial charge is 0.125 e. The van der Waals surface area contributed by atoms with Crippen molar-refractivity contribution in [2.45, 2.75) is 0 Å². The standard InChI is InChI=1S/C14H8N4S/c15-7-10-3-2-6-17-13(10)12-9-18-14(19-12)11-4-1-5-16-8-11/h1-6,8-9H. The summed E-state index contributed by atoms with van der Waals surface area (Å²) in [6.45, 7) is 0. The van der Waals surface area contributed by atoms with Crippen LogP contribution in [0.1, 0.15) is 5.56 Å². The minimum absolute atomic E-state index is 0.559. The molecule has 3 aromatic heterocycles. The lowest BCUT2D eigenvalue weighted by Crippen LogP contribution is -1.84. The summed E-state index contributed by atoms with van der Waals surface area (Å²) in [5.41, 5.74) is 2.20. The molecule has 3 heterocycles. The second-order valence-corrected chi connectivity index (χ2v) is 4.81. The van der Waals surface area contributed by atoms with Crippen LogP contribution in [-0.4, -0.2) is 15.0 Å². The maximum absolute atomic E-state index is 9.09. The number of pyridine rings is 2. The van der Waals surface area contributed by atoms with Gasteiger partial charge in [-0.25, -0.2) is 4.98 Å². The van der Waals surface area contributed by atoms with E-state index in [1.807, 2.05) is 12.1 Å². The molecule has 0 aliphatic rings. The number of thiazole rings is 1. The Morgan fingerprint density at radius 1 is 1.05 bits per heavy atom. The number of aromatic nitrogens is 3. The minimum atomic E-state index is 0.559. The lowest BCUT2D eigenvalue weighted by Gasteiger charge is -1.97. The molecule has 0 saturated carbocycles. The Bertz CT molecular complexity index is 743. The van der Waals surface area contributed by atoms with Crippen LogP contribution in [0.3, 0.4) is 0 Å². The lowest BCUT2D eigenvalue weighted by molar-refractivity contribution is 1.30. The van der Waals surface area contributed by atoms with Crippen molar-refractivity contribution < 1.29 is 0 Å². The molecule has 0 saturated heterocycles. The zero-order valence-corrected chi connectivity index (χ0v) is 10.6. The van der Waals surface area contributed by atoms with Gasteiger partial charge in [0, 0.05) is 30.4 Å². The van der Waals surface area contributed by atoms with Gasteiger partial charge in [0.05, 0.1) is 16.1 Å². The molecule has 0 aromatic carbocycles. The van der Waals surface area contributed by atoms with Crippen LogP contribution in [0, 0.1) is 11.3 Å². The van der Waals surface area contributed by atoms with Gasteiger partial charge in [0.1, 0.15) is 11.1 Å². The quantitative estimate of drug-likeness (QED) is 0.713. The third-order valence-corrected chi connectivity index (χ3v) is 3.63. The van der Waals surface area contributed by atoms with Gasteiger partial charge < -0.3 is 0 Å². The van der Waals surface area contributed by atoms with Crippen LogP contribution >= 0.6 is 11.3 Å². The molecule has 3 rings (SSSR count). The molecule has 0 aliphatic carbocycles. The minimum Gasteiger partial charge on any atom is -0.264 e. The Balaban J connectivity index is 2.05. The van der Waals surface area contributed by atoms with E-state index in [9.17, 15) is 0 Å². The summed E-state index contributed by atoms with van der Waals surface area (Å²) in [5.74, 6) is 0. The Hall–Kier alpha value is -2.58. The molecule has 0 N–H and O–H groups in total. The van der Waals surface area contributed by atoms with Gasteiger partial charge in [-0.2, -0.15) is 5.26 Å². The predicted molar refractivity (Wildman–Crippen MR) is 73.3 cm³/mol. The zero-order chi connectivity index (χ0) is 13.1. The van der Waals surface area contributed by atoms with Crippen molar-refractivity contribution in [3.05, 3.63) is 54.6 Å². The molecule has 90 valence electrons. The van der Waals surface area contributed by atoms with Crippen molar-refractivity contribution >= 4 is 11.3 Å². The molecule has 19 heavy (non-hydrogen) atoms. The number of nitriles is 1. The molecule has 0 spiro atoms. The average molecular weight is 264 g/mol. The van der Waals surface area contributed by atoms with Crippen molar-refractivity contribution in [1.29, 1.82) is 5.26 Å². The molecular weight excluding hydrogens is 256 g/mol. The van der Waals surface area contributed by atoms with E-state index in [0.29, 0.717) is 11.3 Å². The Morgan fingerprint density at radius 3 is 2.74 bits per heavy atom. The highest BCUT2D eigenvalue weighted by Crippen LogP contribution is 2.31. The van der Waals surface area contributed by atoms with Crippen molar-refractivity contribution in [1.82, 2.24) is 15.0 Å². The SMILES string of the molecule is N#Cc1cccnc1-c1cnc(-c2cccnc2)s1. The third kappa shape index (κ3) is 2.21. The number of nitrogens with zero attached hydrogens (tertiary/aromatic N) is 4. The van der Waals surface area contributed by atoms with Crippen LogP contribution in [0.15, 0.2) is 49.1 Å². The summed E-state index contributed by atoms with van der Waals surface area (Å²) >= 11 is 1.50. The van der Waals surface area contributed by atoms with Crippen LogP contribution in [0.5, 0.6) is 0 Å². The molecular formula is C14H8N4S. The Kier molecular flexibility index (Phi) is 3.01. The average Bonchev–Trinajstić information content (AvgIpc) is 2.98. The van der Waals surface area contributed by atoms with E-state index in [-0.39, 0.29) is 0 Å². The van der Waals surface area contributed by atoms with E-state index in [1.165, 1.54) is 11.3 Å². The summed E-state index contributed by atoms with van der Waals surface area (Å²) in [5, 5.41) is 9.96. The fourth-order valence-corrected chi connectivity index (χ4v) is 2.62. The van der Waals surface area contributed by atoms with Gasteiger partial charge in [-0.3, -0.25) is 9.97 Å². The largest absolute Gasteiger partial charge is 0.264 e. The normalized spacial score (nSPS) is 10.1. The van der Waals surface area contributed by atoms with Crippen molar-refractivity contribution in [2.75, 3.05) is 0 Å². The number of hydrogen-bond donors (Lipinski definition) is 0. The van der Waals surface area contributed by atoms with Crippen LogP contribution in [0.25, 0.3) is 21.1 Å². The molecule has 0 fully saturated rings. The summed E-state index contributed by atoms with van der Waals surface area (Å²) in [6.07, 6.45) is 6.92. The summed E-state index contributed by atoms with van der Waals surface area (Å²) < 4.78 is 0. The van der Waals surface area contributed by atoms with E-state index in [0.717, 1.165) is 15.4 Å². The molecule has 0 radical (unpaired) electrons. The van der Waals surface area contributed by atoms with Gasteiger partial charge in [-0.1, -0.05) is 0 Å². The summed E-state index contributed by atoms with van der Waals surface area (Å²) in [4.78, 5) is 13.6. The van der Waals surface area contributed by atoms with E-state index < -0.39 is 0 Å². The number of rotatable bonds is 2. The topological polar surface area (TPSA) is 62.5 Å². The maximum Gasteiger partial charge on any atom is 0.125 e. The van der Waals surface area contributed by atoms with E-state index in [2.05, 4.69) is 21.0 Å². The first kappa shape index (κ1) is 11.5. The second kappa shape index (κ2) is 4.96. The van der Waals surface area contributed by atoms with Crippen molar-refractivity contribution in [3.63, 3.8) is 0 Å². The summed E-state index contributed by atoms with van der Waals surface area (Å²) in [7, 11) is 0. The molecule has 3 aromatic rings. The Labute approximate surface area is 114 Å². The van der Waals surface area contributed by atoms with Crippen molar-refractivity contribution in [3.8, 4) is 27.2 Å².